The molecule has 2 aliphatic carbocycles. The second-order valence-corrected chi connectivity index (χ2v) is 7.19. The fourth-order valence-corrected chi connectivity index (χ4v) is 3.43. The van der Waals surface area contributed by atoms with Gasteiger partial charge in [-0.2, -0.15) is 0 Å². The van der Waals surface area contributed by atoms with Crippen LogP contribution in [0, 0.1) is 5.92 Å². The topological polar surface area (TPSA) is 71.0 Å². The van der Waals surface area contributed by atoms with Crippen LogP contribution in [0.1, 0.15) is 31.2 Å². The molecular weight excluding hydrogens is 320 g/mol. The van der Waals surface area contributed by atoms with E-state index in [-0.39, 0.29) is 6.54 Å². The third-order valence-corrected chi connectivity index (χ3v) is 5.16. The number of carboxylic acid groups (broad SMARTS) is 1. The number of ether oxygens (including phenoxy) is 2. The van der Waals surface area contributed by atoms with Crippen LogP contribution in [0.3, 0.4) is 0 Å². The number of carbonyl (C=O) groups is 1. The quantitative estimate of drug-likeness (QED) is 0.675. The first-order valence-corrected chi connectivity index (χ1v) is 8.98. The monoisotopic (exact) mass is 348 g/mol. The lowest BCUT2D eigenvalue weighted by Crippen LogP contribution is -2.54. The minimum atomic E-state index is -0.722. The van der Waals surface area contributed by atoms with Crippen molar-refractivity contribution in [1.82, 2.24) is 10.2 Å². The zero-order chi connectivity index (χ0) is 17.8. The standard InChI is InChI=1S/C19H28N2O4/c1-24-17-5-14(6-18(9-17)25-2)10-20-15-7-16(8-15)21(12-19(22)23)11-13-3-4-13/h5-6,9,13,15-16,20H,3-4,7-8,10-12H2,1-2H3,(H,22,23). The van der Waals surface area contributed by atoms with Crippen molar-refractivity contribution in [3.63, 3.8) is 0 Å². The first-order valence-electron chi connectivity index (χ1n) is 8.98. The minimum Gasteiger partial charge on any atom is -0.497 e. The summed E-state index contributed by atoms with van der Waals surface area (Å²) >= 11 is 0. The van der Waals surface area contributed by atoms with Gasteiger partial charge in [0, 0.05) is 31.2 Å². The molecule has 0 radical (unpaired) electrons. The van der Waals surface area contributed by atoms with Crippen LogP contribution in [0.5, 0.6) is 11.5 Å². The van der Waals surface area contributed by atoms with Gasteiger partial charge < -0.3 is 19.9 Å². The van der Waals surface area contributed by atoms with Gasteiger partial charge in [0.05, 0.1) is 20.8 Å². The molecule has 2 saturated carbocycles. The zero-order valence-corrected chi connectivity index (χ0v) is 15.0. The van der Waals surface area contributed by atoms with E-state index >= 15 is 0 Å². The van der Waals surface area contributed by atoms with Crippen LogP contribution in [0.15, 0.2) is 18.2 Å². The molecule has 2 N–H and O–H groups in total. The van der Waals surface area contributed by atoms with Gasteiger partial charge in [-0.3, -0.25) is 9.69 Å². The predicted molar refractivity (Wildman–Crippen MR) is 95.1 cm³/mol. The van der Waals surface area contributed by atoms with Crippen molar-refractivity contribution in [3.05, 3.63) is 23.8 Å². The first-order chi connectivity index (χ1) is 12.1. The maximum atomic E-state index is 11.1. The lowest BCUT2D eigenvalue weighted by molar-refractivity contribution is -0.139. The number of carboxylic acids is 1. The van der Waals surface area contributed by atoms with Crippen molar-refractivity contribution in [3.8, 4) is 11.5 Å². The fraction of sp³-hybridized carbons (Fsp3) is 0.632. The maximum Gasteiger partial charge on any atom is 0.317 e. The van der Waals surface area contributed by atoms with Crippen LogP contribution in [-0.4, -0.2) is 55.4 Å². The van der Waals surface area contributed by atoms with Gasteiger partial charge in [-0.1, -0.05) is 0 Å². The molecule has 2 fully saturated rings. The number of aliphatic carboxylic acids is 1. The Kier molecular flexibility index (Phi) is 5.81. The van der Waals surface area contributed by atoms with Gasteiger partial charge >= 0.3 is 5.97 Å². The van der Waals surface area contributed by atoms with Crippen LogP contribution in [-0.2, 0) is 11.3 Å². The molecule has 3 rings (SSSR count). The molecule has 6 heteroatoms. The van der Waals surface area contributed by atoms with E-state index in [0.29, 0.717) is 12.1 Å². The van der Waals surface area contributed by atoms with E-state index < -0.39 is 5.97 Å². The Morgan fingerprint density at radius 1 is 1.20 bits per heavy atom. The number of methoxy groups -OCH3 is 2. The molecule has 0 bridgehead atoms. The summed E-state index contributed by atoms with van der Waals surface area (Å²) in [6, 6.07) is 6.72. The number of benzene rings is 1. The summed E-state index contributed by atoms with van der Waals surface area (Å²) in [4.78, 5) is 13.2. The second-order valence-electron chi connectivity index (χ2n) is 7.19. The van der Waals surface area contributed by atoms with Gasteiger partial charge in [0.1, 0.15) is 11.5 Å². The SMILES string of the molecule is COc1cc(CNC2CC(N(CC(=O)O)CC3CC3)C2)cc(OC)c1. The predicted octanol–water partition coefficient (Wildman–Crippen LogP) is 2.12. The molecule has 0 aromatic heterocycles. The number of rotatable bonds is 10. The van der Waals surface area contributed by atoms with Crippen LogP contribution in [0.25, 0.3) is 0 Å². The average Bonchev–Trinajstić information content (AvgIpc) is 3.36. The average molecular weight is 348 g/mol. The van der Waals surface area contributed by atoms with E-state index in [9.17, 15) is 4.79 Å². The summed E-state index contributed by atoms with van der Waals surface area (Å²) in [6.07, 6.45) is 4.53. The molecule has 0 atom stereocenters. The van der Waals surface area contributed by atoms with E-state index in [4.69, 9.17) is 14.6 Å². The Morgan fingerprint density at radius 2 is 1.84 bits per heavy atom. The number of hydrogen-bond donors (Lipinski definition) is 2. The van der Waals surface area contributed by atoms with Crippen molar-refractivity contribution in [2.24, 2.45) is 5.92 Å². The molecule has 0 aliphatic heterocycles. The van der Waals surface area contributed by atoms with E-state index in [2.05, 4.69) is 10.2 Å². The zero-order valence-electron chi connectivity index (χ0n) is 15.0. The molecule has 0 unspecified atom stereocenters. The molecule has 1 aromatic rings. The summed E-state index contributed by atoms with van der Waals surface area (Å²) in [5.74, 6) is 1.58. The first kappa shape index (κ1) is 18.0. The highest BCUT2D eigenvalue weighted by Crippen LogP contribution is 2.34. The molecule has 6 nitrogen and oxygen atoms in total. The summed E-state index contributed by atoms with van der Waals surface area (Å²) in [7, 11) is 3.30. The van der Waals surface area contributed by atoms with Gasteiger partial charge in [0.25, 0.3) is 0 Å². The Labute approximate surface area is 149 Å². The Balaban J connectivity index is 1.47. The minimum absolute atomic E-state index is 0.168. The summed E-state index contributed by atoms with van der Waals surface area (Å²) in [6.45, 7) is 1.87. The molecule has 0 heterocycles. The van der Waals surface area contributed by atoms with Crippen molar-refractivity contribution in [2.45, 2.75) is 44.3 Å². The molecular formula is C19H28N2O4. The summed E-state index contributed by atoms with van der Waals surface area (Å²) in [5, 5.41) is 12.7. The Bertz CT molecular complexity index is 575. The number of hydrogen-bond acceptors (Lipinski definition) is 5. The lowest BCUT2D eigenvalue weighted by atomic mass is 9.85. The van der Waals surface area contributed by atoms with Gasteiger partial charge in [0.15, 0.2) is 0 Å². The lowest BCUT2D eigenvalue weighted by Gasteiger charge is -2.43. The third kappa shape index (κ3) is 5.09. The molecule has 0 spiro atoms. The fourth-order valence-electron chi connectivity index (χ4n) is 3.43. The van der Waals surface area contributed by atoms with Gasteiger partial charge in [-0.05, 0) is 49.3 Å². The molecule has 25 heavy (non-hydrogen) atoms. The van der Waals surface area contributed by atoms with E-state index in [0.717, 1.165) is 48.9 Å². The normalized spacial score (nSPS) is 22.5. The summed E-state index contributed by atoms with van der Waals surface area (Å²) < 4.78 is 10.6. The van der Waals surface area contributed by atoms with Gasteiger partial charge in [0.2, 0.25) is 0 Å². The van der Waals surface area contributed by atoms with Crippen molar-refractivity contribution in [1.29, 1.82) is 0 Å². The van der Waals surface area contributed by atoms with E-state index in [1.54, 1.807) is 14.2 Å². The van der Waals surface area contributed by atoms with E-state index in [1.807, 2.05) is 18.2 Å². The second kappa shape index (κ2) is 8.06. The molecule has 2 aliphatic rings. The molecule has 0 saturated heterocycles. The highest BCUT2D eigenvalue weighted by Gasteiger charge is 2.36. The molecule has 0 amide bonds. The Morgan fingerprint density at radius 3 is 2.36 bits per heavy atom. The van der Waals surface area contributed by atoms with Gasteiger partial charge in [-0.15, -0.1) is 0 Å². The van der Waals surface area contributed by atoms with Crippen LogP contribution < -0.4 is 14.8 Å². The smallest absolute Gasteiger partial charge is 0.317 e. The van der Waals surface area contributed by atoms with Crippen molar-refractivity contribution >= 4 is 5.97 Å². The third-order valence-electron chi connectivity index (χ3n) is 5.16. The number of nitrogens with one attached hydrogen (secondary N) is 1. The Hall–Kier alpha value is -1.79. The van der Waals surface area contributed by atoms with Gasteiger partial charge in [-0.25, -0.2) is 0 Å². The number of nitrogens with zero attached hydrogens (tertiary/aromatic N) is 1. The van der Waals surface area contributed by atoms with Crippen molar-refractivity contribution < 1.29 is 19.4 Å². The van der Waals surface area contributed by atoms with Crippen LogP contribution in [0.4, 0.5) is 0 Å². The largest absolute Gasteiger partial charge is 0.497 e. The molecule has 1 aromatic carbocycles. The van der Waals surface area contributed by atoms with Crippen LogP contribution in [0.2, 0.25) is 0 Å². The molecule has 138 valence electrons. The maximum absolute atomic E-state index is 11.1. The van der Waals surface area contributed by atoms with Crippen molar-refractivity contribution in [2.75, 3.05) is 27.3 Å². The highest BCUT2D eigenvalue weighted by atomic mass is 16.5. The highest BCUT2D eigenvalue weighted by molar-refractivity contribution is 5.69. The van der Waals surface area contributed by atoms with E-state index in [1.165, 1.54) is 12.8 Å². The van der Waals surface area contributed by atoms with Crippen LogP contribution >= 0.6 is 0 Å². The summed E-state index contributed by atoms with van der Waals surface area (Å²) in [5.41, 5.74) is 1.13.